The lowest BCUT2D eigenvalue weighted by Crippen LogP contribution is -1.93. The van der Waals surface area contributed by atoms with E-state index in [9.17, 15) is 4.39 Å². The van der Waals surface area contributed by atoms with Crippen molar-refractivity contribution < 1.29 is 4.39 Å². The fourth-order valence-corrected chi connectivity index (χ4v) is 1.95. The van der Waals surface area contributed by atoms with E-state index in [-0.39, 0.29) is 5.82 Å². The van der Waals surface area contributed by atoms with Crippen molar-refractivity contribution in [2.45, 2.75) is 6.92 Å². The molecule has 0 saturated heterocycles. The molecule has 0 bridgehead atoms. The van der Waals surface area contributed by atoms with Gasteiger partial charge in [0.1, 0.15) is 5.82 Å². The Bertz CT molecular complexity index is 622. The Labute approximate surface area is 111 Å². The minimum atomic E-state index is -0.227. The third-order valence-electron chi connectivity index (χ3n) is 3.06. The van der Waals surface area contributed by atoms with E-state index < -0.39 is 0 Å². The number of hydrogen-bond donors (Lipinski definition) is 0. The van der Waals surface area contributed by atoms with Gasteiger partial charge in [0, 0.05) is 11.8 Å². The number of hydrogen-bond acceptors (Lipinski definition) is 1. The predicted molar refractivity (Wildman–Crippen MR) is 73.7 cm³/mol. The van der Waals surface area contributed by atoms with Crippen molar-refractivity contribution in [1.82, 2.24) is 9.78 Å². The van der Waals surface area contributed by atoms with Gasteiger partial charge in [-0.3, -0.25) is 0 Å². The van der Waals surface area contributed by atoms with Gasteiger partial charge in [-0.25, -0.2) is 9.07 Å². The quantitative estimate of drug-likeness (QED) is 0.674. The van der Waals surface area contributed by atoms with Crippen LogP contribution in [0.3, 0.4) is 0 Å². The lowest BCUT2D eigenvalue weighted by molar-refractivity contribution is 0.628. The van der Waals surface area contributed by atoms with E-state index in [1.54, 1.807) is 18.3 Å². The molecule has 0 aliphatic carbocycles. The van der Waals surface area contributed by atoms with E-state index in [1.807, 2.05) is 23.0 Å². The van der Waals surface area contributed by atoms with Gasteiger partial charge in [0.25, 0.3) is 0 Å². The molecule has 2 nitrogen and oxygen atoms in total. The van der Waals surface area contributed by atoms with Crippen LogP contribution >= 0.6 is 0 Å². The smallest absolute Gasteiger partial charge is 0.123 e. The maximum absolute atomic E-state index is 12.9. The Morgan fingerprint density at radius 1 is 0.895 bits per heavy atom. The first-order valence-electron chi connectivity index (χ1n) is 6.10. The molecule has 0 fully saturated rings. The highest BCUT2D eigenvalue weighted by atomic mass is 19.1. The van der Waals surface area contributed by atoms with Crippen LogP contribution in [0, 0.1) is 12.7 Å². The van der Waals surface area contributed by atoms with Crippen LogP contribution < -0.4 is 0 Å². The molecule has 1 aromatic heterocycles. The molecule has 0 aliphatic heterocycles. The van der Waals surface area contributed by atoms with Gasteiger partial charge in [-0.15, -0.1) is 0 Å². The average molecular weight is 252 g/mol. The van der Waals surface area contributed by atoms with Crippen LogP contribution in [0.25, 0.3) is 16.8 Å². The number of rotatable bonds is 2. The van der Waals surface area contributed by atoms with Crippen molar-refractivity contribution in [3.8, 4) is 16.8 Å². The Morgan fingerprint density at radius 3 is 2.26 bits per heavy atom. The summed E-state index contributed by atoms with van der Waals surface area (Å²) in [6.45, 7) is 2.05. The third kappa shape index (κ3) is 2.40. The standard InChI is InChI=1S/C16H13FN2/c1-12-2-8-16(9-3-12)19-11-14(10-18-19)13-4-6-15(17)7-5-13/h2-11H,1H3. The molecule has 0 radical (unpaired) electrons. The van der Waals surface area contributed by atoms with Gasteiger partial charge < -0.3 is 0 Å². The topological polar surface area (TPSA) is 17.8 Å². The molecule has 0 aliphatic rings. The minimum Gasteiger partial charge on any atom is -0.240 e. The number of nitrogens with zero attached hydrogens (tertiary/aromatic N) is 2. The zero-order valence-electron chi connectivity index (χ0n) is 10.5. The summed E-state index contributed by atoms with van der Waals surface area (Å²) in [5.41, 5.74) is 4.16. The molecule has 94 valence electrons. The minimum absolute atomic E-state index is 0.227. The molecule has 3 rings (SSSR count). The van der Waals surface area contributed by atoms with E-state index in [0.29, 0.717) is 0 Å². The van der Waals surface area contributed by atoms with E-state index in [4.69, 9.17) is 0 Å². The van der Waals surface area contributed by atoms with Crippen LogP contribution in [0.5, 0.6) is 0 Å². The maximum Gasteiger partial charge on any atom is 0.123 e. The molecule has 3 aromatic rings. The average Bonchev–Trinajstić information content (AvgIpc) is 2.90. The van der Waals surface area contributed by atoms with Crippen molar-refractivity contribution in [2.75, 3.05) is 0 Å². The monoisotopic (exact) mass is 252 g/mol. The Morgan fingerprint density at radius 2 is 1.58 bits per heavy atom. The summed E-state index contributed by atoms with van der Waals surface area (Å²) >= 11 is 0. The van der Waals surface area contributed by atoms with E-state index in [1.165, 1.54) is 17.7 Å². The summed E-state index contributed by atoms with van der Waals surface area (Å²) in [5, 5.41) is 4.34. The van der Waals surface area contributed by atoms with Crippen LogP contribution in [-0.2, 0) is 0 Å². The fourth-order valence-electron chi connectivity index (χ4n) is 1.95. The normalized spacial score (nSPS) is 10.6. The third-order valence-corrected chi connectivity index (χ3v) is 3.06. The zero-order chi connectivity index (χ0) is 13.2. The van der Waals surface area contributed by atoms with Crippen molar-refractivity contribution in [3.05, 3.63) is 72.3 Å². The maximum atomic E-state index is 12.9. The van der Waals surface area contributed by atoms with E-state index in [0.717, 1.165) is 16.8 Å². The van der Waals surface area contributed by atoms with Gasteiger partial charge in [-0.1, -0.05) is 29.8 Å². The van der Waals surface area contributed by atoms with Gasteiger partial charge in [0.05, 0.1) is 11.9 Å². The molecule has 0 amide bonds. The number of aromatic nitrogens is 2. The van der Waals surface area contributed by atoms with Crippen LogP contribution in [0.1, 0.15) is 5.56 Å². The van der Waals surface area contributed by atoms with Gasteiger partial charge in [-0.05, 0) is 36.8 Å². The van der Waals surface area contributed by atoms with Crippen molar-refractivity contribution in [3.63, 3.8) is 0 Å². The largest absolute Gasteiger partial charge is 0.240 e. The number of aryl methyl sites for hydroxylation is 1. The highest BCUT2D eigenvalue weighted by Gasteiger charge is 2.03. The van der Waals surface area contributed by atoms with Gasteiger partial charge in [0.2, 0.25) is 0 Å². The van der Waals surface area contributed by atoms with Crippen LogP contribution in [-0.4, -0.2) is 9.78 Å². The molecule has 2 aromatic carbocycles. The molecule has 0 saturated carbocycles. The lowest BCUT2D eigenvalue weighted by atomic mass is 10.1. The molecule has 0 unspecified atom stereocenters. The molecule has 0 spiro atoms. The molecular formula is C16H13FN2. The summed E-state index contributed by atoms with van der Waals surface area (Å²) in [6.07, 6.45) is 3.73. The highest BCUT2D eigenvalue weighted by Crippen LogP contribution is 2.20. The first-order valence-corrected chi connectivity index (χ1v) is 6.10. The molecular weight excluding hydrogens is 239 g/mol. The fraction of sp³-hybridized carbons (Fsp3) is 0.0625. The number of halogens is 1. The van der Waals surface area contributed by atoms with Crippen LogP contribution in [0.2, 0.25) is 0 Å². The van der Waals surface area contributed by atoms with E-state index in [2.05, 4.69) is 24.2 Å². The summed E-state index contributed by atoms with van der Waals surface area (Å²) in [7, 11) is 0. The van der Waals surface area contributed by atoms with E-state index >= 15 is 0 Å². The lowest BCUT2D eigenvalue weighted by Gasteiger charge is -2.01. The summed E-state index contributed by atoms with van der Waals surface area (Å²) in [5.74, 6) is -0.227. The highest BCUT2D eigenvalue weighted by molar-refractivity contribution is 5.62. The summed E-state index contributed by atoms with van der Waals surface area (Å²) < 4.78 is 14.7. The zero-order valence-corrected chi connectivity index (χ0v) is 10.5. The molecule has 19 heavy (non-hydrogen) atoms. The first-order chi connectivity index (χ1) is 9.22. The Balaban J connectivity index is 1.95. The number of benzene rings is 2. The van der Waals surface area contributed by atoms with Gasteiger partial charge >= 0.3 is 0 Å². The second-order valence-corrected chi connectivity index (χ2v) is 4.52. The SMILES string of the molecule is Cc1ccc(-n2cc(-c3ccc(F)cc3)cn2)cc1. The van der Waals surface area contributed by atoms with Gasteiger partial charge in [0.15, 0.2) is 0 Å². The Hall–Kier alpha value is -2.42. The van der Waals surface area contributed by atoms with Crippen molar-refractivity contribution in [2.24, 2.45) is 0 Å². The van der Waals surface area contributed by atoms with Crippen LogP contribution in [0.4, 0.5) is 4.39 Å². The van der Waals surface area contributed by atoms with Gasteiger partial charge in [-0.2, -0.15) is 5.10 Å². The Kier molecular flexibility index (Phi) is 2.88. The molecule has 1 heterocycles. The van der Waals surface area contributed by atoms with Crippen LogP contribution in [0.15, 0.2) is 60.9 Å². The predicted octanol–water partition coefficient (Wildman–Crippen LogP) is 3.99. The van der Waals surface area contributed by atoms with Crippen molar-refractivity contribution >= 4 is 0 Å². The molecule has 3 heteroatoms. The van der Waals surface area contributed by atoms with Crippen molar-refractivity contribution in [1.29, 1.82) is 0 Å². The summed E-state index contributed by atoms with van der Waals surface area (Å²) in [6, 6.07) is 14.6. The summed E-state index contributed by atoms with van der Waals surface area (Å²) in [4.78, 5) is 0. The second kappa shape index (κ2) is 4.69. The first kappa shape index (κ1) is 11.7. The molecule has 0 atom stereocenters. The second-order valence-electron chi connectivity index (χ2n) is 4.52. The molecule has 0 N–H and O–H groups in total.